The van der Waals surface area contributed by atoms with E-state index in [9.17, 15) is 13.2 Å². The lowest BCUT2D eigenvalue weighted by atomic mass is 9.93. The third-order valence-electron chi connectivity index (χ3n) is 4.06. The summed E-state index contributed by atoms with van der Waals surface area (Å²) < 4.78 is 41.8. The Balaban J connectivity index is 2.31. The lowest BCUT2D eigenvalue weighted by Gasteiger charge is -2.46. The van der Waals surface area contributed by atoms with Crippen LogP contribution in [0.2, 0.25) is 0 Å². The molecule has 1 aliphatic heterocycles. The zero-order chi connectivity index (χ0) is 15.7. The average Bonchev–Trinajstić information content (AvgIpc) is 2.41. The molecule has 1 aromatic rings. The van der Waals surface area contributed by atoms with E-state index in [1.54, 1.807) is 18.2 Å². The molecule has 2 unspecified atom stereocenters. The molecule has 3 nitrogen and oxygen atoms in total. The quantitative estimate of drug-likeness (QED) is 0.924. The van der Waals surface area contributed by atoms with E-state index in [2.05, 4.69) is 23.9 Å². The third kappa shape index (κ3) is 3.81. The van der Waals surface area contributed by atoms with E-state index in [0.29, 0.717) is 12.2 Å². The fourth-order valence-corrected chi connectivity index (χ4v) is 2.56. The van der Waals surface area contributed by atoms with E-state index in [0.717, 1.165) is 13.0 Å². The molecule has 0 amide bonds. The SMILES string of the molecule is CCC1(C)CN(c2ccccc2OC(F)(F)F)C(C)CN1. The van der Waals surface area contributed by atoms with Gasteiger partial charge >= 0.3 is 6.36 Å². The number of rotatable bonds is 3. The number of alkyl halides is 3. The normalized spacial score (nSPS) is 26.8. The summed E-state index contributed by atoms with van der Waals surface area (Å²) in [6.45, 7) is 7.51. The van der Waals surface area contributed by atoms with Gasteiger partial charge < -0.3 is 15.0 Å². The smallest absolute Gasteiger partial charge is 0.404 e. The molecule has 1 fully saturated rings. The van der Waals surface area contributed by atoms with E-state index in [1.165, 1.54) is 6.07 Å². The second-order valence-electron chi connectivity index (χ2n) is 5.79. The number of nitrogens with zero attached hydrogens (tertiary/aromatic N) is 1. The summed E-state index contributed by atoms with van der Waals surface area (Å²) in [5.41, 5.74) is 0.376. The minimum atomic E-state index is -4.68. The van der Waals surface area contributed by atoms with Crippen molar-refractivity contribution in [3.05, 3.63) is 24.3 Å². The number of ether oxygens (including phenoxy) is 1. The topological polar surface area (TPSA) is 24.5 Å². The van der Waals surface area contributed by atoms with Crippen molar-refractivity contribution in [3.8, 4) is 5.75 Å². The van der Waals surface area contributed by atoms with Crippen LogP contribution in [0.25, 0.3) is 0 Å². The van der Waals surface area contributed by atoms with Gasteiger partial charge in [-0.1, -0.05) is 19.1 Å². The molecule has 1 heterocycles. The number of hydrogen-bond acceptors (Lipinski definition) is 3. The van der Waals surface area contributed by atoms with Gasteiger partial charge in [-0.25, -0.2) is 0 Å². The molecule has 2 rings (SSSR count). The molecule has 0 spiro atoms. The number of para-hydroxylation sites is 2. The highest BCUT2D eigenvalue weighted by Crippen LogP contribution is 2.35. The van der Waals surface area contributed by atoms with Gasteiger partial charge in [0.05, 0.1) is 5.69 Å². The summed E-state index contributed by atoms with van der Waals surface area (Å²) in [7, 11) is 0. The molecule has 0 aliphatic carbocycles. The summed E-state index contributed by atoms with van der Waals surface area (Å²) in [5, 5.41) is 3.46. The Kier molecular flexibility index (Phi) is 4.37. The molecule has 21 heavy (non-hydrogen) atoms. The monoisotopic (exact) mass is 302 g/mol. The van der Waals surface area contributed by atoms with E-state index < -0.39 is 6.36 Å². The molecule has 2 atom stereocenters. The highest BCUT2D eigenvalue weighted by Gasteiger charge is 2.36. The number of hydrogen-bond donors (Lipinski definition) is 1. The first-order chi connectivity index (χ1) is 9.74. The molecule has 6 heteroatoms. The molecule has 0 bridgehead atoms. The number of benzene rings is 1. The van der Waals surface area contributed by atoms with Crippen LogP contribution in [0.1, 0.15) is 27.2 Å². The lowest BCUT2D eigenvalue weighted by molar-refractivity contribution is -0.274. The van der Waals surface area contributed by atoms with Crippen LogP contribution in [0.4, 0.5) is 18.9 Å². The summed E-state index contributed by atoms with van der Waals surface area (Å²) in [5.74, 6) is -0.141. The molecular weight excluding hydrogens is 281 g/mol. The summed E-state index contributed by atoms with van der Waals surface area (Å²) >= 11 is 0. The standard InChI is InChI=1S/C15H21F3N2O/c1-4-14(3)10-20(11(2)9-19-14)12-7-5-6-8-13(12)21-15(16,17)18/h5-8,11,19H,4,9-10H2,1-3H3. The highest BCUT2D eigenvalue weighted by atomic mass is 19.4. The van der Waals surface area contributed by atoms with Gasteiger partial charge in [0.2, 0.25) is 0 Å². The lowest BCUT2D eigenvalue weighted by Crippen LogP contribution is -2.62. The van der Waals surface area contributed by atoms with Crippen molar-refractivity contribution in [2.24, 2.45) is 0 Å². The van der Waals surface area contributed by atoms with Crippen LogP contribution in [0.15, 0.2) is 24.3 Å². The fraction of sp³-hybridized carbons (Fsp3) is 0.600. The van der Waals surface area contributed by atoms with E-state index in [1.807, 2.05) is 11.8 Å². The van der Waals surface area contributed by atoms with Crippen LogP contribution in [0.3, 0.4) is 0 Å². The Labute approximate surface area is 123 Å². The van der Waals surface area contributed by atoms with Crippen molar-refractivity contribution >= 4 is 5.69 Å². The molecule has 0 radical (unpaired) electrons. The largest absolute Gasteiger partial charge is 0.573 e. The van der Waals surface area contributed by atoms with Gasteiger partial charge in [0.25, 0.3) is 0 Å². The molecule has 1 aliphatic rings. The van der Waals surface area contributed by atoms with Gasteiger partial charge in [-0.2, -0.15) is 0 Å². The molecular formula is C15H21F3N2O. The minimum Gasteiger partial charge on any atom is -0.404 e. The summed E-state index contributed by atoms with van der Waals surface area (Å²) in [6, 6.07) is 6.43. The van der Waals surface area contributed by atoms with Crippen molar-refractivity contribution in [3.63, 3.8) is 0 Å². The van der Waals surface area contributed by atoms with Gasteiger partial charge in [-0.3, -0.25) is 0 Å². The second kappa shape index (κ2) is 5.75. The van der Waals surface area contributed by atoms with Gasteiger partial charge in [0.15, 0.2) is 5.75 Å². The molecule has 0 aromatic heterocycles. The molecule has 1 aromatic carbocycles. The third-order valence-corrected chi connectivity index (χ3v) is 4.06. The first-order valence-corrected chi connectivity index (χ1v) is 7.10. The number of piperazine rings is 1. The first-order valence-electron chi connectivity index (χ1n) is 7.10. The minimum absolute atomic E-state index is 0.0996. The van der Waals surface area contributed by atoms with Gasteiger partial charge in [0.1, 0.15) is 0 Å². The van der Waals surface area contributed by atoms with Gasteiger partial charge in [0, 0.05) is 24.7 Å². The van der Waals surface area contributed by atoms with Crippen molar-refractivity contribution < 1.29 is 17.9 Å². The van der Waals surface area contributed by atoms with Crippen LogP contribution in [0, 0.1) is 0 Å². The van der Waals surface area contributed by atoms with Crippen LogP contribution < -0.4 is 15.0 Å². The average molecular weight is 302 g/mol. The Morgan fingerprint density at radius 3 is 2.67 bits per heavy atom. The van der Waals surface area contributed by atoms with Crippen LogP contribution in [-0.4, -0.2) is 31.0 Å². The number of nitrogens with one attached hydrogen (secondary N) is 1. The number of anilines is 1. The number of halogens is 3. The van der Waals surface area contributed by atoms with E-state index in [4.69, 9.17) is 0 Å². The fourth-order valence-electron chi connectivity index (χ4n) is 2.56. The van der Waals surface area contributed by atoms with E-state index >= 15 is 0 Å². The Hall–Kier alpha value is -1.43. The summed E-state index contributed by atoms with van der Waals surface area (Å²) in [6.07, 6.45) is -3.78. The zero-order valence-electron chi connectivity index (χ0n) is 12.5. The summed E-state index contributed by atoms with van der Waals surface area (Å²) in [4.78, 5) is 1.99. The predicted octanol–water partition coefficient (Wildman–Crippen LogP) is 3.55. The van der Waals surface area contributed by atoms with Crippen LogP contribution in [0.5, 0.6) is 5.75 Å². The Bertz CT molecular complexity index is 492. The molecule has 0 saturated carbocycles. The van der Waals surface area contributed by atoms with Gasteiger partial charge in [-0.15, -0.1) is 13.2 Å². The molecule has 118 valence electrons. The zero-order valence-corrected chi connectivity index (χ0v) is 12.5. The van der Waals surface area contributed by atoms with Crippen molar-refractivity contribution in [2.45, 2.75) is 45.1 Å². The Morgan fingerprint density at radius 2 is 2.05 bits per heavy atom. The van der Waals surface area contributed by atoms with Crippen LogP contribution in [-0.2, 0) is 0 Å². The maximum absolute atomic E-state index is 12.6. The second-order valence-corrected chi connectivity index (χ2v) is 5.79. The van der Waals surface area contributed by atoms with Gasteiger partial charge in [-0.05, 0) is 32.4 Å². The highest BCUT2D eigenvalue weighted by molar-refractivity contribution is 5.60. The van der Waals surface area contributed by atoms with Crippen molar-refractivity contribution in [1.82, 2.24) is 5.32 Å². The van der Waals surface area contributed by atoms with Crippen LogP contribution >= 0.6 is 0 Å². The molecule has 1 saturated heterocycles. The maximum atomic E-state index is 12.6. The maximum Gasteiger partial charge on any atom is 0.573 e. The first kappa shape index (κ1) is 15.9. The van der Waals surface area contributed by atoms with Crippen molar-refractivity contribution in [1.29, 1.82) is 0 Å². The molecule has 1 N–H and O–H groups in total. The van der Waals surface area contributed by atoms with Crippen molar-refractivity contribution in [2.75, 3.05) is 18.0 Å². The Morgan fingerprint density at radius 1 is 1.38 bits per heavy atom. The van der Waals surface area contributed by atoms with E-state index in [-0.39, 0.29) is 17.3 Å². The predicted molar refractivity (Wildman–Crippen MR) is 76.6 cm³/mol.